The van der Waals surface area contributed by atoms with Gasteiger partial charge in [-0.3, -0.25) is 0 Å². The molecule has 1 aliphatic carbocycles. The Morgan fingerprint density at radius 1 is 1.00 bits per heavy atom. The predicted octanol–water partition coefficient (Wildman–Crippen LogP) is 5.05. The molecule has 2 aromatic heterocycles. The van der Waals surface area contributed by atoms with Crippen molar-refractivity contribution in [3.8, 4) is 28.7 Å². The zero-order chi connectivity index (χ0) is 18.6. The number of hydrogen-bond donors (Lipinski definition) is 0. The van der Waals surface area contributed by atoms with Crippen LogP contribution in [0.15, 0.2) is 42.9 Å². The van der Waals surface area contributed by atoms with Gasteiger partial charge in [-0.25, -0.2) is 14.4 Å². The summed E-state index contributed by atoms with van der Waals surface area (Å²) in [4.78, 5) is 13.4. The van der Waals surface area contributed by atoms with Gasteiger partial charge in [-0.2, -0.15) is 4.98 Å². The van der Waals surface area contributed by atoms with Crippen LogP contribution in [0, 0.1) is 5.82 Å². The summed E-state index contributed by atoms with van der Waals surface area (Å²) in [6.07, 6.45) is 10.9. The summed E-state index contributed by atoms with van der Waals surface area (Å²) in [5, 5.41) is 0. The van der Waals surface area contributed by atoms with E-state index >= 15 is 0 Å². The van der Waals surface area contributed by atoms with Gasteiger partial charge in [-0.05, 0) is 43.2 Å². The molecule has 0 bridgehead atoms. The number of ether oxygens (including phenoxy) is 1. The van der Waals surface area contributed by atoms with Crippen LogP contribution in [-0.4, -0.2) is 26.6 Å². The molecular formula is C21H23FN4O. The third-order valence-corrected chi connectivity index (χ3v) is 5.19. The first-order valence-corrected chi connectivity index (χ1v) is 9.46. The van der Waals surface area contributed by atoms with E-state index in [9.17, 15) is 4.39 Å². The minimum absolute atomic E-state index is 0.257. The molecule has 6 heteroatoms. The van der Waals surface area contributed by atoms with Crippen molar-refractivity contribution in [3.63, 3.8) is 0 Å². The number of imidazole rings is 1. The highest BCUT2D eigenvalue weighted by Crippen LogP contribution is 2.36. The van der Waals surface area contributed by atoms with Crippen LogP contribution >= 0.6 is 0 Å². The number of nitrogens with zero attached hydrogens (tertiary/aromatic N) is 4. The van der Waals surface area contributed by atoms with Gasteiger partial charge in [0, 0.05) is 17.8 Å². The number of benzene rings is 1. The molecule has 2 heterocycles. The van der Waals surface area contributed by atoms with Gasteiger partial charge in [-0.1, -0.05) is 25.7 Å². The molecule has 0 saturated heterocycles. The topological polar surface area (TPSA) is 52.8 Å². The SMILES string of the molecule is COc1nccc(-c2c(-c3ccc(F)cc3)ncn2C2CCCCCC2)n1. The summed E-state index contributed by atoms with van der Waals surface area (Å²) >= 11 is 0. The second-order valence-corrected chi connectivity index (χ2v) is 6.93. The number of methoxy groups -OCH3 is 1. The van der Waals surface area contributed by atoms with Crippen molar-refractivity contribution in [2.75, 3.05) is 7.11 Å². The molecule has 0 N–H and O–H groups in total. The summed E-state index contributed by atoms with van der Waals surface area (Å²) in [5.74, 6) is -0.257. The molecule has 140 valence electrons. The predicted molar refractivity (Wildman–Crippen MR) is 102 cm³/mol. The molecule has 0 unspecified atom stereocenters. The van der Waals surface area contributed by atoms with Crippen molar-refractivity contribution in [3.05, 3.63) is 48.7 Å². The van der Waals surface area contributed by atoms with E-state index in [2.05, 4.69) is 14.5 Å². The molecule has 1 aliphatic rings. The number of hydrogen-bond acceptors (Lipinski definition) is 4. The summed E-state index contributed by atoms with van der Waals surface area (Å²) in [6.45, 7) is 0. The average molecular weight is 366 g/mol. The van der Waals surface area contributed by atoms with Crippen LogP contribution < -0.4 is 4.74 Å². The fourth-order valence-corrected chi connectivity index (χ4v) is 3.82. The van der Waals surface area contributed by atoms with Crippen LogP contribution in [0.3, 0.4) is 0 Å². The van der Waals surface area contributed by atoms with Crippen LogP contribution in [0.2, 0.25) is 0 Å². The molecule has 1 aromatic carbocycles. The fourth-order valence-electron chi connectivity index (χ4n) is 3.82. The van der Waals surface area contributed by atoms with Gasteiger partial charge in [0.05, 0.1) is 30.5 Å². The molecular weight excluding hydrogens is 343 g/mol. The quantitative estimate of drug-likeness (QED) is 0.606. The minimum Gasteiger partial charge on any atom is -0.467 e. The Kier molecular flexibility index (Phi) is 5.14. The molecule has 0 spiro atoms. The van der Waals surface area contributed by atoms with Gasteiger partial charge < -0.3 is 9.30 Å². The van der Waals surface area contributed by atoms with Gasteiger partial charge in [0.15, 0.2) is 0 Å². The summed E-state index contributed by atoms with van der Waals surface area (Å²) in [5.41, 5.74) is 3.38. The monoisotopic (exact) mass is 366 g/mol. The van der Waals surface area contributed by atoms with Gasteiger partial charge in [0.2, 0.25) is 0 Å². The van der Waals surface area contributed by atoms with E-state index < -0.39 is 0 Å². The van der Waals surface area contributed by atoms with Crippen molar-refractivity contribution >= 4 is 0 Å². The van der Waals surface area contributed by atoms with Crippen LogP contribution in [0.5, 0.6) is 6.01 Å². The smallest absolute Gasteiger partial charge is 0.316 e. The minimum atomic E-state index is -0.257. The second kappa shape index (κ2) is 7.86. The number of aromatic nitrogens is 4. The fraction of sp³-hybridized carbons (Fsp3) is 0.381. The van der Waals surface area contributed by atoms with Gasteiger partial charge in [0.1, 0.15) is 5.82 Å². The maximum atomic E-state index is 13.4. The normalized spacial score (nSPS) is 15.5. The standard InChI is InChI=1S/C21H23FN4O/c1-27-21-23-13-12-18(25-21)20-19(15-8-10-16(22)11-9-15)24-14-26(20)17-6-4-2-3-5-7-17/h8-14,17H,2-7H2,1H3. The van der Waals surface area contributed by atoms with E-state index in [-0.39, 0.29) is 5.82 Å². The molecule has 5 nitrogen and oxygen atoms in total. The lowest BCUT2D eigenvalue weighted by molar-refractivity contribution is 0.380. The molecule has 3 aromatic rings. The molecule has 4 rings (SSSR count). The summed E-state index contributed by atoms with van der Waals surface area (Å²) in [6, 6.07) is 9.04. The molecule has 0 aliphatic heterocycles. The van der Waals surface area contributed by atoms with E-state index in [1.807, 2.05) is 12.4 Å². The highest BCUT2D eigenvalue weighted by atomic mass is 19.1. The van der Waals surface area contributed by atoms with Gasteiger partial charge in [0.25, 0.3) is 0 Å². The number of halogens is 1. The third kappa shape index (κ3) is 3.70. The van der Waals surface area contributed by atoms with Crippen molar-refractivity contribution in [1.29, 1.82) is 0 Å². The summed E-state index contributed by atoms with van der Waals surface area (Å²) in [7, 11) is 1.56. The maximum Gasteiger partial charge on any atom is 0.316 e. The molecule has 1 fully saturated rings. The van der Waals surface area contributed by atoms with E-state index in [1.165, 1.54) is 37.8 Å². The molecule has 0 radical (unpaired) electrons. The lowest BCUT2D eigenvalue weighted by Crippen LogP contribution is -2.09. The zero-order valence-electron chi connectivity index (χ0n) is 15.4. The van der Waals surface area contributed by atoms with Gasteiger partial charge >= 0.3 is 6.01 Å². The van der Waals surface area contributed by atoms with Crippen molar-refractivity contribution in [2.24, 2.45) is 0 Å². The van der Waals surface area contributed by atoms with E-state index in [4.69, 9.17) is 9.72 Å². The Labute approximate surface area is 158 Å². The Bertz CT molecular complexity index is 899. The van der Waals surface area contributed by atoms with Crippen molar-refractivity contribution in [1.82, 2.24) is 19.5 Å². The molecule has 0 atom stereocenters. The van der Waals surface area contributed by atoms with E-state index in [0.717, 1.165) is 35.5 Å². The van der Waals surface area contributed by atoms with Crippen molar-refractivity contribution in [2.45, 2.75) is 44.6 Å². The first-order chi connectivity index (χ1) is 13.3. The van der Waals surface area contributed by atoms with Crippen molar-refractivity contribution < 1.29 is 9.13 Å². The maximum absolute atomic E-state index is 13.4. The highest BCUT2D eigenvalue weighted by molar-refractivity contribution is 5.77. The number of rotatable bonds is 4. The van der Waals surface area contributed by atoms with Gasteiger partial charge in [-0.15, -0.1) is 0 Å². The largest absolute Gasteiger partial charge is 0.467 e. The van der Waals surface area contributed by atoms with E-state index in [0.29, 0.717) is 12.1 Å². The van der Waals surface area contributed by atoms with Crippen LogP contribution in [-0.2, 0) is 0 Å². The van der Waals surface area contributed by atoms with Crippen LogP contribution in [0.4, 0.5) is 4.39 Å². The zero-order valence-corrected chi connectivity index (χ0v) is 15.4. The third-order valence-electron chi connectivity index (χ3n) is 5.19. The lowest BCUT2D eigenvalue weighted by atomic mass is 10.1. The van der Waals surface area contributed by atoms with Crippen LogP contribution in [0.25, 0.3) is 22.6 Å². The van der Waals surface area contributed by atoms with E-state index in [1.54, 1.807) is 25.4 Å². The molecule has 27 heavy (non-hydrogen) atoms. The Morgan fingerprint density at radius 3 is 2.44 bits per heavy atom. The summed E-state index contributed by atoms with van der Waals surface area (Å²) < 4.78 is 20.9. The molecule has 0 amide bonds. The first-order valence-electron chi connectivity index (χ1n) is 9.46. The Hall–Kier alpha value is -2.76. The Balaban J connectivity index is 1.85. The van der Waals surface area contributed by atoms with Crippen LogP contribution in [0.1, 0.15) is 44.6 Å². The first kappa shape index (κ1) is 17.6. The second-order valence-electron chi connectivity index (χ2n) is 6.93. The Morgan fingerprint density at radius 2 is 1.74 bits per heavy atom. The average Bonchev–Trinajstić information content (AvgIpc) is 2.96. The highest BCUT2D eigenvalue weighted by Gasteiger charge is 2.23. The molecule has 1 saturated carbocycles. The lowest BCUT2D eigenvalue weighted by Gasteiger charge is -2.19.